The van der Waals surface area contributed by atoms with Crippen molar-refractivity contribution in [3.05, 3.63) is 54.6 Å². The van der Waals surface area contributed by atoms with Crippen LogP contribution in [0.4, 0.5) is 0 Å². The second-order valence-corrected chi connectivity index (χ2v) is 5.26. The third-order valence-corrected chi connectivity index (χ3v) is 4.25. The Morgan fingerprint density at radius 1 is 1.05 bits per heavy atom. The number of allylic oxidation sites excluding steroid dienone is 2. The van der Waals surface area contributed by atoms with E-state index in [9.17, 15) is 10.2 Å². The van der Waals surface area contributed by atoms with E-state index in [0.29, 0.717) is 11.8 Å². The number of aliphatic hydroxyl groups excluding tert-OH is 2. The van der Waals surface area contributed by atoms with Crippen molar-refractivity contribution in [2.45, 2.75) is 6.42 Å². The normalized spacial score (nSPS) is 30.8. The van der Waals surface area contributed by atoms with Crippen molar-refractivity contribution in [2.24, 2.45) is 23.7 Å². The minimum atomic E-state index is 0.123. The average Bonchev–Trinajstić information content (AvgIpc) is 2.82. The second kappa shape index (κ2) is 6.69. The molecule has 1 aromatic rings. The van der Waals surface area contributed by atoms with Gasteiger partial charge in [-0.2, -0.15) is 0 Å². The fourth-order valence-electron chi connectivity index (χ4n) is 3.13. The van der Waals surface area contributed by atoms with Crippen LogP contribution in [0.2, 0.25) is 0 Å². The Morgan fingerprint density at radius 3 is 2.26 bits per heavy atom. The van der Waals surface area contributed by atoms with E-state index in [1.807, 2.05) is 24.3 Å². The number of rotatable bonds is 5. The lowest BCUT2D eigenvalue weighted by Crippen LogP contribution is -2.23. The Morgan fingerprint density at radius 2 is 1.68 bits per heavy atom. The van der Waals surface area contributed by atoms with Gasteiger partial charge in [-0.05, 0) is 35.7 Å². The topological polar surface area (TPSA) is 40.5 Å². The van der Waals surface area contributed by atoms with Gasteiger partial charge in [0.2, 0.25) is 0 Å². The first-order chi connectivity index (χ1) is 9.30. The Bertz CT molecular complexity index is 424. The quantitative estimate of drug-likeness (QED) is 0.797. The maximum Gasteiger partial charge on any atom is 0.0468 e. The highest BCUT2D eigenvalue weighted by Crippen LogP contribution is 2.42. The molecule has 0 radical (unpaired) electrons. The van der Waals surface area contributed by atoms with E-state index in [1.165, 1.54) is 5.56 Å². The molecular formula is C17H22O2. The van der Waals surface area contributed by atoms with E-state index in [-0.39, 0.29) is 25.0 Å². The summed E-state index contributed by atoms with van der Waals surface area (Å²) in [5, 5.41) is 19.1. The lowest BCUT2D eigenvalue weighted by atomic mass is 9.88. The molecule has 2 heteroatoms. The predicted molar refractivity (Wildman–Crippen MR) is 78.4 cm³/mol. The molecule has 2 N–H and O–H groups in total. The fraction of sp³-hybridized carbons (Fsp3) is 0.412. The summed E-state index contributed by atoms with van der Waals surface area (Å²) < 4.78 is 0. The van der Waals surface area contributed by atoms with Gasteiger partial charge in [0.05, 0.1) is 0 Å². The van der Waals surface area contributed by atoms with Gasteiger partial charge in [0.1, 0.15) is 0 Å². The number of hydrogen-bond acceptors (Lipinski definition) is 2. The highest BCUT2D eigenvalue weighted by molar-refractivity contribution is 5.49. The molecule has 0 saturated heterocycles. The van der Waals surface area contributed by atoms with E-state index in [2.05, 4.69) is 30.9 Å². The van der Waals surface area contributed by atoms with E-state index in [1.54, 1.807) is 0 Å². The van der Waals surface area contributed by atoms with E-state index < -0.39 is 0 Å². The molecule has 0 heterocycles. The Hall–Kier alpha value is -1.38. The zero-order chi connectivity index (χ0) is 13.7. The maximum atomic E-state index is 9.57. The van der Waals surface area contributed by atoms with Gasteiger partial charge in [0.25, 0.3) is 0 Å². The first-order valence-electron chi connectivity index (χ1n) is 6.87. The Kier molecular flexibility index (Phi) is 4.94. The van der Waals surface area contributed by atoms with Gasteiger partial charge < -0.3 is 10.2 Å². The summed E-state index contributed by atoms with van der Waals surface area (Å²) in [7, 11) is 0. The molecule has 19 heavy (non-hydrogen) atoms. The molecule has 0 aromatic heterocycles. The molecule has 4 atom stereocenters. The molecule has 1 aliphatic carbocycles. The van der Waals surface area contributed by atoms with Crippen LogP contribution in [0, 0.1) is 23.7 Å². The van der Waals surface area contributed by atoms with Crippen LogP contribution < -0.4 is 0 Å². The van der Waals surface area contributed by atoms with Crippen molar-refractivity contribution in [2.75, 3.05) is 13.2 Å². The molecule has 2 rings (SSSR count). The van der Waals surface area contributed by atoms with Crippen molar-refractivity contribution >= 4 is 6.08 Å². The standard InChI is InChI=1S/C17H22O2/c1-2-14-10-15(17(12-19)16(14)11-18)9-8-13-6-4-3-5-7-13/h2-9,14-19H,1,10-12H2/b9-8-/t14-,15+,16+,17-/m0/s1. The van der Waals surface area contributed by atoms with Crippen molar-refractivity contribution in [1.29, 1.82) is 0 Å². The van der Waals surface area contributed by atoms with Crippen LogP contribution in [0.3, 0.4) is 0 Å². The zero-order valence-electron chi connectivity index (χ0n) is 11.2. The number of aliphatic hydroxyl groups is 2. The van der Waals surface area contributed by atoms with E-state index >= 15 is 0 Å². The van der Waals surface area contributed by atoms with Crippen molar-refractivity contribution < 1.29 is 10.2 Å². The summed E-state index contributed by atoms with van der Waals surface area (Å²) in [6.45, 7) is 4.09. The molecule has 0 aliphatic heterocycles. The highest BCUT2D eigenvalue weighted by atomic mass is 16.3. The van der Waals surface area contributed by atoms with Gasteiger partial charge in [0, 0.05) is 13.2 Å². The van der Waals surface area contributed by atoms with Crippen LogP contribution in [0.1, 0.15) is 12.0 Å². The summed E-state index contributed by atoms with van der Waals surface area (Å²) in [5.41, 5.74) is 1.17. The summed E-state index contributed by atoms with van der Waals surface area (Å²) in [6, 6.07) is 10.2. The van der Waals surface area contributed by atoms with Crippen LogP contribution >= 0.6 is 0 Å². The molecule has 102 valence electrons. The summed E-state index contributed by atoms with van der Waals surface area (Å²) in [6.07, 6.45) is 7.15. The third-order valence-electron chi connectivity index (χ3n) is 4.25. The molecule has 0 unspecified atom stereocenters. The molecule has 1 aliphatic rings. The lowest BCUT2D eigenvalue weighted by molar-refractivity contribution is 0.118. The van der Waals surface area contributed by atoms with Crippen LogP contribution in [0.5, 0.6) is 0 Å². The van der Waals surface area contributed by atoms with Gasteiger partial charge in [-0.25, -0.2) is 0 Å². The highest BCUT2D eigenvalue weighted by Gasteiger charge is 2.39. The van der Waals surface area contributed by atoms with Crippen LogP contribution in [-0.4, -0.2) is 23.4 Å². The maximum absolute atomic E-state index is 9.57. The molecule has 0 amide bonds. The summed E-state index contributed by atoms with van der Waals surface area (Å²) >= 11 is 0. The van der Waals surface area contributed by atoms with Gasteiger partial charge in [-0.15, -0.1) is 6.58 Å². The lowest BCUT2D eigenvalue weighted by Gasteiger charge is -2.20. The minimum absolute atomic E-state index is 0.123. The first-order valence-corrected chi connectivity index (χ1v) is 6.87. The minimum Gasteiger partial charge on any atom is -0.396 e. The van der Waals surface area contributed by atoms with Gasteiger partial charge in [-0.3, -0.25) is 0 Å². The van der Waals surface area contributed by atoms with E-state index in [4.69, 9.17) is 0 Å². The summed E-state index contributed by atoms with van der Waals surface area (Å²) in [4.78, 5) is 0. The predicted octanol–water partition coefficient (Wildman–Crippen LogP) is 2.74. The molecule has 1 saturated carbocycles. The van der Waals surface area contributed by atoms with Crippen LogP contribution in [-0.2, 0) is 0 Å². The number of benzene rings is 1. The van der Waals surface area contributed by atoms with Gasteiger partial charge in [0.15, 0.2) is 0 Å². The average molecular weight is 258 g/mol. The van der Waals surface area contributed by atoms with Crippen molar-refractivity contribution in [3.8, 4) is 0 Å². The zero-order valence-corrected chi connectivity index (χ0v) is 11.2. The summed E-state index contributed by atoms with van der Waals surface area (Å²) in [5.74, 6) is 0.874. The Labute approximate surface area is 115 Å². The molecule has 0 bridgehead atoms. The Balaban J connectivity index is 2.11. The van der Waals surface area contributed by atoms with Crippen molar-refractivity contribution in [1.82, 2.24) is 0 Å². The largest absolute Gasteiger partial charge is 0.396 e. The monoisotopic (exact) mass is 258 g/mol. The molecular weight excluding hydrogens is 236 g/mol. The van der Waals surface area contributed by atoms with E-state index in [0.717, 1.165) is 6.42 Å². The second-order valence-electron chi connectivity index (χ2n) is 5.26. The van der Waals surface area contributed by atoms with Crippen LogP contribution in [0.15, 0.2) is 49.1 Å². The molecule has 0 spiro atoms. The number of hydrogen-bond donors (Lipinski definition) is 2. The van der Waals surface area contributed by atoms with Gasteiger partial charge in [-0.1, -0.05) is 48.6 Å². The van der Waals surface area contributed by atoms with Crippen LogP contribution in [0.25, 0.3) is 6.08 Å². The van der Waals surface area contributed by atoms with Gasteiger partial charge >= 0.3 is 0 Å². The molecule has 1 fully saturated rings. The SMILES string of the molecule is C=C[C@H]1C[C@@H](/C=C\c2ccccc2)[C@H](CO)[C@@H]1CO. The molecule has 1 aromatic carbocycles. The third kappa shape index (κ3) is 3.14. The van der Waals surface area contributed by atoms with Crippen molar-refractivity contribution in [3.63, 3.8) is 0 Å². The smallest absolute Gasteiger partial charge is 0.0468 e. The molecule has 2 nitrogen and oxygen atoms in total. The first kappa shape index (κ1) is 14.0. The fourth-order valence-corrected chi connectivity index (χ4v) is 3.13.